The molecule has 0 spiro atoms. The molecule has 0 atom stereocenters. The van der Waals surface area contributed by atoms with E-state index in [1.807, 2.05) is 0 Å². The van der Waals surface area contributed by atoms with Gasteiger partial charge in [0.25, 0.3) is 10.1 Å². The number of thiocarbonyl (C=S) groups is 1. The van der Waals surface area contributed by atoms with Crippen molar-refractivity contribution >= 4 is 39.3 Å². The molecule has 0 aromatic rings. The Bertz CT molecular complexity index is 238. The summed E-state index contributed by atoms with van der Waals surface area (Å²) in [6, 6.07) is 0. The van der Waals surface area contributed by atoms with Gasteiger partial charge in [-0.1, -0.05) is 0 Å². The summed E-state index contributed by atoms with van der Waals surface area (Å²) in [5.41, 5.74) is 0. The van der Waals surface area contributed by atoms with E-state index in [9.17, 15) is 8.42 Å². The largest absolute Gasteiger partial charge is 1.00 e. The zero-order valence-corrected chi connectivity index (χ0v) is 11.7. The van der Waals surface area contributed by atoms with Crippen molar-refractivity contribution < 1.29 is 47.3 Å². The van der Waals surface area contributed by atoms with E-state index in [4.69, 9.17) is 9.29 Å². The van der Waals surface area contributed by atoms with Crippen molar-refractivity contribution in [2.24, 2.45) is 0 Å². The molecule has 72 valence electrons. The molecule has 0 aromatic heterocycles. The molecular weight excluding hydrogens is 243 g/mol. The molecule has 0 unspecified atom stereocenters. The molecule has 0 aliphatic carbocycles. The minimum atomic E-state index is -3.84. The smallest absolute Gasteiger partial charge is 0.514 e. The topological polar surface area (TPSA) is 63.6 Å². The van der Waals surface area contributed by atoms with Gasteiger partial charge in [0.15, 0.2) is 0 Å². The second-order valence-corrected chi connectivity index (χ2v) is 4.66. The third-order valence-electron chi connectivity index (χ3n) is 1.02. The maximum atomic E-state index is 10.2. The van der Waals surface area contributed by atoms with Gasteiger partial charge in [-0.05, 0) is 12.8 Å². The van der Waals surface area contributed by atoms with Crippen LogP contribution >= 0.6 is 12.2 Å². The maximum absolute atomic E-state index is 10.2. The Balaban J connectivity index is 0. The Kier molecular flexibility index (Phi) is 10.6. The first-order valence-corrected chi connectivity index (χ1v) is 5.63. The molecule has 8 heteroatoms. The van der Waals surface area contributed by atoms with Crippen LogP contribution in [0.25, 0.3) is 0 Å². The van der Waals surface area contributed by atoms with Gasteiger partial charge in [0.2, 0.25) is 0 Å². The van der Waals surface area contributed by atoms with Crippen molar-refractivity contribution in [2.45, 2.75) is 12.8 Å². The molecule has 13 heavy (non-hydrogen) atoms. The fraction of sp³-hybridized carbons (Fsp3) is 0.800. The van der Waals surface area contributed by atoms with Gasteiger partial charge < -0.3 is 29.6 Å². The Morgan fingerprint density at radius 2 is 2.00 bits per heavy atom. The van der Waals surface area contributed by atoms with Gasteiger partial charge in [-0.2, -0.15) is 8.42 Å². The van der Waals surface area contributed by atoms with Crippen molar-refractivity contribution in [1.82, 2.24) is 0 Å². The second kappa shape index (κ2) is 8.34. The molecule has 0 aliphatic rings. The molecule has 1 N–H and O–H groups in total. The van der Waals surface area contributed by atoms with E-state index >= 15 is 0 Å². The van der Waals surface area contributed by atoms with Crippen LogP contribution < -0.4 is 29.6 Å². The zero-order valence-electron chi connectivity index (χ0n) is 7.23. The Labute approximate surface area is 111 Å². The van der Waals surface area contributed by atoms with E-state index in [2.05, 4.69) is 24.8 Å². The van der Waals surface area contributed by atoms with Crippen LogP contribution in [0.15, 0.2) is 0 Å². The van der Waals surface area contributed by atoms with Gasteiger partial charge in [-0.15, -0.1) is 0 Å². The molecule has 0 amide bonds. The quantitative estimate of drug-likeness (QED) is 0.192. The predicted molar refractivity (Wildman–Crippen MR) is 51.6 cm³/mol. The monoisotopic (exact) mass is 252 g/mol. The Hall–Kier alpha value is 1.02. The number of unbranched alkanes of at least 4 members (excludes halogenated alkanes) is 1. The van der Waals surface area contributed by atoms with Crippen molar-refractivity contribution in [3.63, 3.8) is 0 Å². The van der Waals surface area contributed by atoms with Crippen molar-refractivity contribution in [3.8, 4) is 0 Å². The number of hydrogen-bond acceptors (Lipinski definition) is 5. The summed E-state index contributed by atoms with van der Waals surface area (Å²) >= 11 is 8.89. The van der Waals surface area contributed by atoms with E-state index in [0.29, 0.717) is 19.4 Å². The summed E-state index contributed by atoms with van der Waals surface area (Å²) in [5.74, 6) is -0.249. The van der Waals surface area contributed by atoms with Gasteiger partial charge in [-0.25, -0.2) is 0 Å². The van der Waals surface area contributed by atoms with Crippen LogP contribution in [0.5, 0.6) is 0 Å². The Morgan fingerprint density at radius 3 is 2.38 bits per heavy atom. The third-order valence-corrected chi connectivity index (χ3v) is 2.06. The van der Waals surface area contributed by atoms with Crippen molar-refractivity contribution in [1.29, 1.82) is 0 Å². The predicted octanol–water partition coefficient (Wildman–Crippen LogP) is -2.49. The first-order chi connectivity index (χ1) is 5.42. The molecular formula is C5H9NaO4S3. The minimum Gasteiger partial charge on any atom is -0.514 e. The maximum Gasteiger partial charge on any atom is 1.00 e. The van der Waals surface area contributed by atoms with Crippen molar-refractivity contribution in [3.05, 3.63) is 0 Å². The fourth-order valence-electron chi connectivity index (χ4n) is 0.542. The van der Waals surface area contributed by atoms with Crippen LogP contribution in [-0.4, -0.2) is 29.7 Å². The summed E-state index contributed by atoms with van der Waals surface area (Å²) in [4.78, 5) is 0. The molecule has 4 nitrogen and oxygen atoms in total. The standard InChI is InChI=1S/C5H10O4S3.Na/c6-12(7,8)4-2-1-3-9-5(10)11;/h1-4H2,(H,10,11)(H,6,7,8);/q;+1/p-1. The van der Waals surface area contributed by atoms with Gasteiger partial charge in [0.1, 0.15) is 0 Å². The summed E-state index contributed by atoms with van der Waals surface area (Å²) in [5, 5.41) is 0. The fourth-order valence-corrected chi connectivity index (χ4v) is 1.28. The van der Waals surface area contributed by atoms with Gasteiger partial charge in [0, 0.05) is 4.38 Å². The van der Waals surface area contributed by atoms with Crippen LogP contribution in [0, 0.1) is 0 Å². The number of rotatable bonds is 5. The first-order valence-electron chi connectivity index (χ1n) is 3.21. The van der Waals surface area contributed by atoms with Crippen molar-refractivity contribution in [2.75, 3.05) is 12.4 Å². The number of ether oxygens (including phenoxy) is 1. The summed E-state index contributed by atoms with van der Waals surface area (Å²) < 4.78 is 33.5. The summed E-state index contributed by atoms with van der Waals surface area (Å²) in [6.07, 6.45) is 0.855. The molecule has 0 saturated carbocycles. The van der Waals surface area contributed by atoms with E-state index < -0.39 is 10.1 Å². The third kappa shape index (κ3) is 15.7. The molecule has 0 aliphatic heterocycles. The number of hydrogen-bond donors (Lipinski definition) is 1. The minimum absolute atomic E-state index is 0. The van der Waals surface area contributed by atoms with Gasteiger partial charge in [-0.3, -0.25) is 4.55 Å². The van der Waals surface area contributed by atoms with Crippen LogP contribution in [0.2, 0.25) is 0 Å². The van der Waals surface area contributed by atoms with Crippen LogP contribution in [0.1, 0.15) is 12.8 Å². The Morgan fingerprint density at radius 1 is 1.46 bits per heavy atom. The van der Waals surface area contributed by atoms with Gasteiger partial charge in [0.05, 0.1) is 12.4 Å². The van der Waals surface area contributed by atoms with E-state index in [1.165, 1.54) is 0 Å². The van der Waals surface area contributed by atoms with Crippen LogP contribution in [0.4, 0.5) is 0 Å². The molecule has 0 fully saturated rings. The SMILES string of the molecule is O=S(=O)(O)CCCCOC(=S)[S-].[Na+]. The normalized spacial score (nSPS) is 10.2. The first kappa shape index (κ1) is 16.4. The summed E-state index contributed by atoms with van der Waals surface area (Å²) in [6.45, 7) is 0.303. The zero-order chi connectivity index (χ0) is 9.61. The molecule has 0 bridgehead atoms. The molecule has 0 radical (unpaired) electrons. The second-order valence-electron chi connectivity index (χ2n) is 2.09. The van der Waals surface area contributed by atoms with Crippen LogP contribution in [-0.2, 0) is 27.5 Å². The molecule has 0 heterocycles. The molecule has 0 saturated heterocycles. The van der Waals surface area contributed by atoms with Crippen LogP contribution in [0.3, 0.4) is 0 Å². The van der Waals surface area contributed by atoms with Gasteiger partial charge >= 0.3 is 29.6 Å². The van der Waals surface area contributed by atoms with E-state index in [0.717, 1.165) is 0 Å². The molecule has 0 rings (SSSR count). The molecule has 0 aromatic carbocycles. The average Bonchev–Trinajstić information content (AvgIpc) is 1.83. The van der Waals surface area contributed by atoms with E-state index in [-0.39, 0.29) is 39.7 Å². The average molecular weight is 252 g/mol. The summed E-state index contributed by atoms with van der Waals surface area (Å²) in [7, 11) is -3.84. The van der Waals surface area contributed by atoms with E-state index in [1.54, 1.807) is 0 Å².